The number of amides is 4. The number of anilines is 2. The Bertz CT molecular complexity index is 1070. The maximum absolute atomic E-state index is 13.2. The van der Waals surface area contributed by atoms with Gasteiger partial charge in [-0.3, -0.25) is 14.5 Å². The number of nitrogens with one attached hydrogen (secondary N) is 2. The fraction of sp³-hybridized carbons (Fsp3) is 0.348. The molecule has 2 aromatic carbocycles. The van der Waals surface area contributed by atoms with E-state index < -0.39 is 11.6 Å². The van der Waals surface area contributed by atoms with Crippen LogP contribution in [-0.4, -0.2) is 42.4 Å². The van der Waals surface area contributed by atoms with Crippen LogP contribution < -0.4 is 15.5 Å². The molecule has 2 N–H and O–H groups in total. The molecule has 1 atom stereocenters. The van der Waals surface area contributed by atoms with Crippen molar-refractivity contribution in [2.24, 2.45) is 0 Å². The summed E-state index contributed by atoms with van der Waals surface area (Å²) in [7, 11) is 0. The number of likely N-dealkylation sites (N-methyl/N-ethyl adjacent to an activating group) is 1. The van der Waals surface area contributed by atoms with Gasteiger partial charge in [0.1, 0.15) is 12.1 Å². The molecule has 0 saturated carbocycles. The third-order valence-electron chi connectivity index (χ3n) is 6.47. The number of nitrogens with zero attached hydrogens (tertiary/aromatic N) is 2. The van der Waals surface area contributed by atoms with Gasteiger partial charge in [0.15, 0.2) is 0 Å². The molecule has 30 heavy (non-hydrogen) atoms. The molecule has 5 rings (SSSR count). The summed E-state index contributed by atoms with van der Waals surface area (Å²) in [5, 5.41) is 5.70. The van der Waals surface area contributed by atoms with Crippen LogP contribution in [-0.2, 0) is 28.0 Å². The average molecular weight is 404 g/mol. The van der Waals surface area contributed by atoms with Crippen molar-refractivity contribution in [2.45, 2.75) is 31.7 Å². The first-order valence-corrected chi connectivity index (χ1v) is 10.4. The number of benzene rings is 2. The Kier molecular flexibility index (Phi) is 4.27. The van der Waals surface area contributed by atoms with E-state index >= 15 is 0 Å². The second kappa shape index (κ2) is 6.86. The van der Waals surface area contributed by atoms with E-state index in [0.717, 1.165) is 47.6 Å². The molecular formula is C23H24N4O3. The predicted molar refractivity (Wildman–Crippen MR) is 113 cm³/mol. The van der Waals surface area contributed by atoms with Crippen LogP contribution in [0, 0.1) is 0 Å². The minimum atomic E-state index is -1.04. The topological polar surface area (TPSA) is 81.8 Å². The lowest BCUT2D eigenvalue weighted by Crippen LogP contribution is -2.43. The minimum Gasteiger partial charge on any atom is -0.371 e. The molecule has 3 aliphatic rings. The fourth-order valence-electron chi connectivity index (χ4n) is 4.93. The van der Waals surface area contributed by atoms with Crippen molar-refractivity contribution >= 4 is 29.2 Å². The van der Waals surface area contributed by atoms with Gasteiger partial charge in [-0.2, -0.15) is 0 Å². The van der Waals surface area contributed by atoms with E-state index in [2.05, 4.69) is 22.5 Å². The van der Waals surface area contributed by atoms with Gasteiger partial charge in [0.05, 0.1) is 0 Å². The van der Waals surface area contributed by atoms with Crippen LogP contribution in [0.5, 0.6) is 0 Å². The summed E-state index contributed by atoms with van der Waals surface area (Å²) < 4.78 is 0. The van der Waals surface area contributed by atoms with E-state index in [1.165, 1.54) is 5.56 Å². The van der Waals surface area contributed by atoms with Gasteiger partial charge in [-0.15, -0.1) is 0 Å². The Labute approximate surface area is 175 Å². The van der Waals surface area contributed by atoms with E-state index in [-0.39, 0.29) is 18.4 Å². The number of carbonyl (C=O) groups excluding carboxylic acids is 3. The third kappa shape index (κ3) is 2.76. The molecule has 0 aromatic heterocycles. The van der Waals surface area contributed by atoms with Crippen molar-refractivity contribution < 1.29 is 14.4 Å². The lowest BCUT2D eigenvalue weighted by Gasteiger charge is -2.22. The maximum Gasteiger partial charge on any atom is 0.325 e. The number of urea groups is 1. The van der Waals surface area contributed by atoms with Crippen LogP contribution in [0.2, 0.25) is 0 Å². The standard InChI is InChI=1S/C23H24N4O3/c1-2-26-12-10-16-7-8-17(13-19(16)26)24-20(28)14-27-21(29)23(25-22(27)30)11-9-15-5-3-4-6-18(15)23/h3-8,13H,2,9-12,14H2,1H3,(H,24,28)(H,25,30). The van der Waals surface area contributed by atoms with E-state index in [9.17, 15) is 14.4 Å². The van der Waals surface area contributed by atoms with Gasteiger partial charge in [-0.05, 0) is 55.0 Å². The monoisotopic (exact) mass is 404 g/mol. The Morgan fingerprint density at radius 1 is 1.13 bits per heavy atom. The Balaban J connectivity index is 1.32. The van der Waals surface area contributed by atoms with Crippen LogP contribution in [0.1, 0.15) is 30.0 Å². The highest BCUT2D eigenvalue weighted by molar-refractivity contribution is 6.11. The summed E-state index contributed by atoms with van der Waals surface area (Å²) >= 11 is 0. The quantitative estimate of drug-likeness (QED) is 0.767. The average Bonchev–Trinajstić information content (AvgIpc) is 3.39. The van der Waals surface area contributed by atoms with Gasteiger partial charge in [0, 0.05) is 24.5 Å². The van der Waals surface area contributed by atoms with Crippen LogP contribution in [0.15, 0.2) is 42.5 Å². The molecule has 4 amide bonds. The molecule has 1 unspecified atom stereocenters. The number of fused-ring (bicyclic) bond motifs is 3. The Morgan fingerprint density at radius 3 is 2.80 bits per heavy atom. The molecule has 1 fully saturated rings. The molecule has 0 bridgehead atoms. The lowest BCUT2D eigenvalue weighted by molar-refractivity contribution is -0.134. The highest BCUT2D eigenvalue weighted by atomic mass is 16.2. The van der Waals surface area contributed by atoms with Crippen LogP contribution >= 0.6 is 0 Å². The molecule has 2 heterocycles. The first-order valence-electron chi connectivity index (χ1n) is 10.4. The molecule has 1 spiro atoms. The molecule has 154 valence electrons. The molecular weight excluding hydrogens is 380 g/mol. The molecule has 2 aliphatic heterocycles. The van der Waals surface area contributed by atoms with Crippen molar-refractivity contribution in [1.29, 1.82) is 0 Å². The molecule has 7 heteroatoms. The van der Waals surface area contributed by atoms with Crippen LogP contribution in [0.4, 0.5) is 16.2 Å². The number of hydrogen-bond acceptors (Lipinski definition) is 4. The van der Waals surface area contributed by atoms with Gasteiger partial charge in [0.25, 0.3) is 5.91 Å². The van der Waals surface area contributed by atoms with Gasteiger partial charge in [0.2, 0.25) is 5.91 Å². The first-order chi connectivity index (χ1) is 14.5. The second-order valence-corrected chi connectivity index (χ2v) is 8.11. The largest absolute Gasteiger partial charge is 0.371 e. The Hall–Kier alpha value is -3.35. The summed E-state index contributed by atoms with van der Waals surface area (Å²) in [6.45, 7) is 3.70. The van der Waals surface area contributed by atoms with Crippen molar-refractivity contribution in [3.05, 3.63) is 59.2 Å². The van der Waals surface area contributed by atoms with Gasteiger partial charge in [-0.25, -0.2) is 4.79 Å². The lowest BCUT2D eigenvalue weighted by atomic mass is 9.92. The van der Waals surface area contributed by atoms with Crippen molar-refractivity contribution in [2.75, 3.05) is 29.9 Å². The highest BCUT2D eigenvalue weighted by Crippen LogP contribution is 2.41. The summed E-state index contributed by atoms with van der Waals surface area (Å²) in [6, 6.07) is 13.0. The van der Waals surface area contributed by atoms with Crippen molar-refractivity contribution in [3.63, 3.8) is 0 Å². The fourth-order valence-corrected chi connectivity index (χ4v) is 4.93. The van der Waals surface area contributed by atoms with Crippen LogP contribution in [0.3, 0.4) is 0 Å². The smallest absolute Gasteiger partial charge is 0.325 e. The summed E-state index contributed by atoms with van der Waals surface area (Å²) in [4.78, 5) is 41.7. The summed E-state index contributed by atoms with van der Waals surface area (Å²) in [6.07, 6.45) is 2.25. The van der Waals surface area contributed by atoms with Gasteiger partial charge >= 0.3 is 6.03 Å². The number of imide groups is 1. The van der Waals surface area contributed by atoms with E-state index in [1.807, 2.05) is 42.5 Å². The molecule has 0 radical (unpaired) electrons. The first kappa shape index (κ1) is 18.7. The minimum absolute atomic E-state index is 0.302. The Morgan fingerprint density at radius 2 is 1.97 bits per heavy atom. The molecule has 7 nitrogen and oxygen atoms in total. The molecule has 1 saturated heterocycles. The van der Waals surface area contributed by atoms with Crippen molar-refractivity contribution in [3.8, 4) is 0 Å². The van der Waals surface area contributed by atoms with Crippen molar-refractivity contribution in [1.82, 2.24) is 10.2 Å². The number of carbonyl (C=O) groups is 3. The van der Waals surface area contributed by atoms with E-state index in [4.69, 9.17) is 0 Å². The maximum atomic E-state index is 13.2. The predicted octanol–water partition coefficient (Wildman–Crippen LogP) is 2.40. The second-order valence-electron chi connectivity index (χ2n) is 8.11. The van der Waals surface area contributed by atoms with Gasteiger partial charge in [-0.1, -0.05) is 30.3 Å². The zero-order valence-corrected chi connectivity index (χ0v) is 16.9. The van der Waals surface area contributed by atoms with E-state index in [1.54, 1.807) is 0 Å². The zero-order chi connectivity index (χ0) is 20.9. The van der Waals surface area contributed by atoms with Crippen LogP contribution in [0.25, 0.3) is 0 Å². The molecule has 2 aromatic rings. The number of hydrogen-bond donors (Lipinski definition) is 2. The number of aryl methyl sites for hydroxylation is 1. The zero-order valence-electron chi connectivity index (χ0n) is 16.9. The highest BCUT2D eigenvalue weighted by Gasteiger charge is 2.55. The normalized spacial score (nSPS) is 21.8. The third-order valence-corrected chi connectivity index (χ3v) is 6.47. The summed E-state index contributed by atoms with van der Waals surface area (Å²) in [5.41, 5.74) is 3.94. The molecule has 1 aliphatic carbocycles. The SMILES string of the molecule is CCN1CCc2ccc(NC(=O)CN3C(=O)NC4(CCc5ccccc54)C3=O)cc21. The number of rotatable bonds is 4. The van der Waals surface area contributed by atoms with Gasteiger partial charge < -0.3 is 15.5 Å². The van der Waals surface area contributed by atoms with E-state index in [0.29, 0.717) is 12.1 Å². The summed E-state index contributed by atoms with van der Waals surface area (Å²) in [5.74, 6) is -0.735.